The molecule has 0 bridgehead atoms. The van der Waals surface area contributed by atoms with Gasteiger partial charge in [-0.25, -0.2) is 4.98 Å². The van der Waals surface area contributed by atoms with Crippen LogP contribution in [0.4, 0.5) is 5.95 Å². The lowest BCUT2D eigenvalue weighted by atomic mass is 10.1. The van der Waals surface area contributed by atoms with Gasteiger partial charge >= 0.3 is 0 Å². The molecule has 88 valence electrons. The van der Waals surface area contributed by atoms with Crippen molar-refractivity contribution in [3.63, 3.8) is 0 Å². The lowest BCUT2D eigenvalue weighted by Crippen LogP contribution is -2.00. The van der Waals surface area contributed by atoms with E-state index in [0.29, 0.717) is 17.2 Å². The molecule has 2 aromatic rings. The number of methoxy groups -OCH3 is 2. The molecule has 1 aromatic heterocycles. The first-order valence-electron chi connectivity index (χ1n) is 4.93. The summed E-state index contributed by atoms with van der Waals surface area (Å²) in [6, 6.07) is 5.50. The third kappa shape index (κ3) is 2.10. The minimum absolute atomic E-state index is 0.118. The van der Waals surface area contributed by atoms with Crippen molar-refractivity contribution in [3.05, 3.63) is 24.4 Å². The van der Waals surface area contributed by atoms with Crippen LogP contribution in [0.15, 0.2) is 24.4 Å². The number of nitrogens with two attached hydrogens (primary N) is 1. The summed E-state index contributed by atoms with van der Waals surface area (Å²) >= 11 is 0. The number of ether oxygens (including phenoxy) is 2. The summed E-state index contributed by atoms with van der Waals surface area (Å²) in [7, 11) is 3.15. The molecule has 1 aromatic carbocycles. The lowest BCUT2D eigenvalue weighted by Gasteiger charge is -2.11. The maximum Gasteiger partial charge on any atom is 0.240 e. The Morgan fingerprint density at radius 2 is 2.00 bits per heavy atom. The molecule has 2 N–H and O–H groups in total. The number of nitrogens with zero attached hydrogens (tertiary/aromatic N) is 3. The smallest absolute Gasteiger partial charge is 0.240 e. The predicted octanol–water partition coefficient (Wildman–Crippen LogP) is 1.14. The lowest BCUT2D eigenvalue weighted by molar-refractivity contribution is 0.356. The number of anilines is 1. The van der Waals surface area contributed by atoms with E-state index in [2.05, 4.69) is 15.2 Å². The zero-order chi connectivity index (χ0) is 12.3. The van der Waals surface area contributed by atoms with Gasteiger partial charge in [0, 0.05) is 5.56 Å². The van der Waals surface area contributed by atoms with Gasteiger partial charge in [-0.15, -0.1) is 5.10 Å². The van der Waals surface area contributed by atoms with E-state index in [4.69, 9.17) is 15.2 Å². The van der Waals surface area contributed by atoms with Gasteiger partial charge in [0.15, 0.2) is 11.5 Å². The third-order valence-electron chi connectivity index (χ3n) is 2.25. The van der Waals surface area contributed by atoms with Crippen LogP contribution in [-0.2, 0) is 0 Å². The highest BCUT2D eigenvalue weighted by molar-refractivity contribution is 5.70. The number of hydrogen-bond donors (Lipinski definition) is 1. The third-order valence-corrected chi connectivity index (χ3v) is 2.25. The van der Waals surface area contributed by atoms with E-state index in [9.17, 15) is 0 Å². The maximum atomic E-state index is 5.50. The van der Waals surface area contributed by atoms with E-state index >= 15 is 0 Å². The Morgan fingerprint density at radius 3 is 2.65 bits per heavy atom. The molecule has 6 nitrogen and oxygen atoms in total. The predicted molar refractivity (Wildman–Crippen MR) is 62.8 cm³/mol. The van der Waals surface area contributed by atoms with E-state index in [-0.39, 0.29) is 5.95 Å². The van der Waals surface area contributed by atoms with Gasteiger partial charge in [0.25, 0.3) is 0 Å². The van der Waals surface area contributed by atoms with Crippen LogP contribution in [0.3, 0.4) is 0 Å². The average molecular weight is 232 g/mol. The highest BCUT2D eigenvalue weighted by atomic mass is 16.5. The first-order valence-corrected chi connectivity index (χ1v) is 4.93. The Labute approximate surface area is 98.4 Å². The molecule has 0 amide bonds. The molecule has 0 aliphatic heterocycles. The summed E-state index contributed by atoms with van der Waals surface area (Å²) in [6.07, 6.45) is 1.52. The Kier molecular flexibility index (Phi) is 3.04. The summed E-state index contributed by atoms with van der Waals surface area (Å²) in [5, 5.41) is 7.37. The molecule has 0 unspecified atom stereocenters. The van der Waals surface area contributed by atoms with Crippen LogP contribution < -0.4 is 15.2 Å². The van der Waals surface area contributed by atoms with Crippen molar-refractivity contribution in [1.82, 2.24) is 15.2 Å². The number of para-hydroxylation sites is 1. The van der Waals surface area contributed by atoms with Crippen molar-refractivity contribution in [2.24, 2.45) is 0 Å². The molecule has 0 fully saturated rings. The standard InChI is InChI=1S/C11H12N4O2/c1-16-9-5-3-4-7(10(9)17-2)8-6-13-15-11(12)14-8/h3-6H,1-2H3,(H2,12,14,15). The first-order chi connectivity index (χ1) is 8.26. The molecule has 0 saturated heterocycles. The minimum atomic E-state index is 0.118. The summed E-state index contributed by atoms with van der Waals surface area (Å²) in [6.45, 7) is 0. The normalized spacial score (nSPS) is 10.0. The second-order valence-corrected chi connectivity index (χ2v) is 3.24. The number of nitrogen functional groups attached to an aromatic ring is 1. The summed E-state index contributed by atoms with van der Waals surface area (Å²) in [5.74, 6) is 1.34. The molecular weight excluding hydrogens is 220 g/mol. The van der Waals surface area contributed by atoms with Crippen molar-refractivity contribution in [3.8, 4) is 22.8 Å². The number of hydrogen-bond acceptors (Lipinski definition) is 6. The fourth-order valence-electron chi connectivity index (χ4n) is 1.54. The first kappa shape index (κ1) is 11.1. The van der Waals surface area contributed by atoms with E-state index in [0.717, 1.165) is 5.56 Å². The maximum absolute atomic E-state index is 5.50. The van der Waals surface area contributed by atoms with E-state index in [1.165, 1.54) is 6.20 Å². The molecule has 0 aliphatic rings. The molecule has 0 radical (unpaired) electrons. The van der Waals surface area contributed by atoms with Gasteiger partial charge in [-0.3, -0.25) is 0 Å². The number of aromatic nitrogens is 3. The second kappa shape index (κ2) is 4.65. The van der Waals surface area contributed by atoms with Gasteiger partial charge in [0.1, 0.15) is 0 Å². The van der Waals surface area contributed by atoms with Crippen LogP contribution in [-0.4, -0.2) is 29.4 Å². The van der Waals surface area contributed by atoms with Crippen LogP contribution in [0.2, 0.25) is 0 Å². The SMILES string of the molecule is COc1cccc(-c2cnnc(N)n2)c1OC. The number of benzene rings is 1. The van der Waals surface area contributed by atoms with Gasteiger partial charge in [-0.2, -0.15) is 5.10 Å². The van der Waals surface area contributed by atoms with Crippen LogP contribution in [0, 0.1) is 0 Å². The van der Waals surface area contributed by atoms with Gasteiger partial charge in [0.05, 0.1) is 26.1 Å². The van der Waals surface area contributed by atoms with Crippen LogP contribution >= 0.6 is 0 Å². The molecule has 2 rings (SSSR count). The Bertz CT molecular complexity index is 531. The quantitative estimate of drug-likeness (QED) is 0.854. The van der Waals surface area contributed by atoms with Crippen molar-refractivity contribution in [1.29, 1.82) is 0 Å². The van der Waals surface area contributed by atoms with Crippen LogP contribution in [0.5, 0.6) is 11.5 Å². The van der Waals surface area contributed by atoms with Gasteiger partial charge in [0.2, 0.25) is 5.95 Å². The van der Waals surface area contributed by atoms with Crippen molar-refractivity contribution >= 4 is 5.95 Å². The van der Waals surface area contributed by atoms with E-state index in [1.54, 1.807) is 20.3 Å². The molecule has 1 heterocycles. The highest BCUT2D eigenvalue weighted by Crippen LogP contribution is 2.36. The topological polar surface area (TPSA) is 83.2 Å². The highest BCUT2D eigenvalue weighted by Gasteiger charge is 2.12. The number of rotatable bonds is 3. The molecule has 0 spiro atoms. The molecule has 0 saturated carbocycles. The van der Waals surface area contributed by atoms with Crippen LogP contribution in [0.25, 0.3) is 11.3 Å². The Balaban J connectivity index is 2.59. The second-order valence-electron chi connectivity index (χ2n) is 3.24. The van der Waals surface area contributed by atoms with E-state index in [1.807, 2.05) is 12.1 Å². The Morgan fingerprint density at radius 1 is 1.18 bits per heavy atom. The Hall–Kier alpha value is -2.37. The monoisotopic (exact) mass is 232 g/mol. The van der Waals surface area contributed by atoms with Gasteiger partial charge in [-0.05, 0) is 12.1 Å². The zero-order valence-corrected chi connectivity index (χ0v) is 9.54. The van der Waals surface area contributed by atoms with E-state index < -0.39 is 0 Å². The molecule has 0 aliphatic carbocycles. The van der Waals surface area contributed by atoms with Gasteiger partial charge < -0.3 is 15.2 Å². The molecule has 0 atom stereocenters. The molecular formula is C11H12N4O2. The van der Waals surface area contributed by atoms with Crippen LogP contribution in [0.1, 0.15) is 0 Å². The average Bonchev–Trinajstić information content (AvgIpc) is 2.37. The van der Waals surface area contributed by atoms with Crippen molar-refractivity contribution in [2.75, 3.05) is 20.0 Å². The van der Waals surface area contributed by atoms with Crippen molar-refractivity contribution in [2.45, 2.75) is 0 Å². The molecule has 17 heavy (non-hydrogen) atoms. The summed E-state index contributed by atoms with van der Waals surface area (Å²) < 4.78 is 10.5. The largest absolute Gasteiger partial charge is 0.493 e. The zero-order valence-electron chi connectivity index (χ0n) is 9.54. The summed E-state index contributed by atoms with van der Waals surface area (Å²) in [4.78, 5) is 4.10. The minimum Gasteiger partial charge on any atom is -0.493 e. The van der Waals surface area contributed by atoms with Gasteiger partial charge in [-0.1, -0.05) is 6.07 Å². The molecule has 6 heteroatoms. The fraction of sp³-hybridized carbons (Fsp3) is 0.182. The summed E-state index contributed by atoms with van der Waals surface area (Å²) in [5.41, 5.74) is 6.85. The fourth-order valence-corrected chi connectivity index (χ4v) is 1.54. The van der Waals surface area contributed by atoms with Crippen molar-refractivity contribution < 1.29 is 9.47 Å².